The molecule has 1 aromatic heterocycles. The molecule has 2 heterocycles. The van der Waals surface area contributed by atoms with E-state index in [2.05, 4.69) is 40.3 Å². The Kier molecular flexibility index (Phi) is 3.68. The molecule has 22 heavy (non-hydrogen) atoms. The van der Waals surface area contributed by atoms with Crippen molar-refractivity contribution in [2.75, 3.05) is 19.6 Å². The highest BCUT2D eigenvalue weighted by molar-refractivity contribution is 5.83. The number of aromatic nitrogens is 1. The van der Waals surface area contributed by atoms with Crippen LogP contribution in [0.1, 0.15) is 18.4 Å². The van der Waals surface area contributed by atoms with E-state index < -0.39 is 12.2 Å². The van der Waals surface area contributed by atoms with Gasteiger partial charge in [-0.15, -0.1) is 0 Å². The summed E-state index contributed by atoms with van der Waals surface area (Å²) in [5.74, 6) is 1.11. The van der Waals surface area contributed by atoms with E-state index in [0.717, 1.165) is 38.9 Å². The molecule has 0 spiro atoms. The Morgan fingerprint density at radius 1 is 1.05 bits per heavy atom. The lowest BCUT2D eigenvalue weighted by atomic mass is 9.79. The van der Waals surface area contributed by atoms with Crippen LogP contribution < -0.4 is 0 Å². The third kappa shape index (κ3) is 2.56. The Hall–Kier alpha value is -1.36. The molecule has 2 fully saturated rings. The van der Waals surface area contributed by atoms with Crippen molar-refractivity contribution in [2.24, 2.45) is 11.8 Å². The molecular weight excluding hydrogens is 276 g/mol. The highest BCUT2D eigenvalue weighted by Crippen LogP contribution is 2.36. The molecular formula is C18H24N2O2. The fourth-order valence-corrected chi connectivity index (χ4v) is 4.30. The minimum Gasteiger partial charge on any atom is -0.390 e. The van der Waals surface area contributed by atoms with Crippen molar-refractivity contribution in [1.29, 1.82) is 0 Å². The van der Waals surface area contributed by atoms with Gasteiger partial charge < -0.3 is 20.1 Å². The molecule has 1 aromatic carbocycles. The van der Waals surface area contributed by atoms with Crippen molar-refractivity contribution < 1.29 is 10.2 Å². The van der Waals surface area contributed by atoms with Crippen molar-refractivity contribution in [3.63, 3.8) is 0 Å². The number of likely N-dealkylation sites (tertiary alicyclic amines) is 1. The summed E-state index contributed by atoms with van der Waals surface area (Å²) in [5, 5.41) is 21.0. The van der Waals surface area contributed by atoms with Crippen molar-refractivity contribution in [3.05, 3.63) is 36.0 Å². The van der Waals surface area contributed by atoms with E-state index in [-0.39, 0.29) is 0 Å². The summed E-state index contributed by atoms with van der Waals surface area (Å²) in [7, 11) is 0. The van der Waals surface area contributed by atoms with Gasteiger partial charge in [-0.2, -0.15) is 0 Å². The van der Waals surface area contributed by atoms with Crippen LogP contribution in [0, 0.1) is 11.8 Å². The van der Waals surface area contributed by atoms with E-state index in [1.165, 1.54) is 16.5 Å². The Morgan fingerprint density at radius 2 is 1.73 bits per heavy atom. The first-order valence-corrected chi connectivity index (χ1v) is 8.34. The number of H-pyrrole nitrogens is 1. The predicted octanol–water partition coefficient (Wildman–Crippen LogP) is 1.77. The van der Waals surface area contributed by atoms with Gasteiger partial charge in [0, 0.05) is 36.7 Å². The Labute approximate surface area is 130 Å². The van der Waals surface area contributed by atoms with Gasteiger partial charge in [0.05, 0.1) is 12.2 Å². The molecule has 1 aliphatic carbocycles. The van der Waals surface area contributed by atoms with Crippen LogP contribution in [0.15, 0.2) is 30.5 Å². The fourth-order valence-electron chi connectivity index (χ4n) is 4.30. The Bertz CT molecular complexity index is 635. The van der Waals surface area contributed by atoms with Gasteiger partial charge in [0.2, 0.25) is 0 Å². The molecule has 2 aliphatic rings. The number of hydrogen-bond acceptors (Lipinski definition) is 3. The predicted molar refractivity (Wildman–Crippen MR) is 86.7 cm³/mol. The number of hydrogen-bond donors (Lipinski definition) is 3. The van der Waals surface area contributed by atoms with Gasteiger partial charge in [-0.1, -0.05) is 18.2 Å². The van der Waals surface area contributed by atoms with Gasteiger partial charge in [-0.3, -0.25) is 0 Å². The number of aliphatic hydroxyl groups is 2. The molecule has 4 nitrogen and oxygen atoms in total. The molecule has 4 heteroatoms. The zero-order chi connectivity index (χ0) is 15.1. The summed E-state index contributed by atoms with van der Waals surface area (Å²) >= 11 is 0. The molecule has 0 radical (unpaired) electrons. The Balaban J connectivity index is 1.39. The highest BCUT2D eigenvalue weighted by Gasteiger charge is 2.40. The number of aromatic amines is 1. The second-order valence-electron chi connectivity index (χ2n) is 7.00. The van der Waals surface area contributed by atoms with Crippen LogP contribution in [0.2, 0.25) is 0 Å². The summed E-state index contributed by atoms with van der Waals surface area (Å²) in [6.07, 6.45) is 3.66. The first-order chi connectivity index (χ1) is 10.7. The molecule has 1 aliphatic heterocycles. The van der Waals surface area contributed by atoms with Gasteiger partial charge in [0.1, 0.15) is 0 Å². The van der Waals surface area contributed by atoms with Crippen LogP contribution >= 0.6 is 0 Å². The lowest BCUT2D eigenvalue weighted by molar-refractivity contribution is -0.0372. The summed E-state index contributed by atoms with van der Waals surface area (Å²) in [4.78, 5) is 5.84. The Morgan fingerprint density at radius 3 is 2.45 bits per heavy atom. The summed E-state index contributed by atoms with van der Waals surface area (Å²) in [5.41, 5.74) is 2.59. The zero-order valence-corrected chi connectivity index (χ0v) is 12.8. The molecule has 118 valence electrons. The van der Waals surface area contributed by atoms with E-state index in [1.54, 1.807) is 0 Å². The van der Waals surface area contributed by atoms with Crippen LogP contribution in [0.4, 0.5) is 0 Å². The van der Waals surface area contributed by atoms with Gasteiger partial charge >= 0.3 is 0 Å². The lowest BCUT2D eigenvalue weighted by Crippen LogP contribution is -2.38. The molecule has 0 unspecified atom stereocenters. The maximum Gasteiger partial charge on any atom is 0.0802 e. The third-order valence-corrected chi connectivity index (χ3v) is 5.56. The van der Waals surface area contributed by atoms with Crippen LogP contribution in [-0.2, 0) is 6.42 Å². The largest absolute Gasteiger partial charge is 0.390 e. The minimum atomic E-state index is -0.519. The number of para-hydroxylation sites is 1. The summed E-state index contributed by atoms with van der Waals surface area (Å²) in [6.45, 7) is 3.19. The van der Waals surface area contributed by atoms with Crippen molar-refractivity contribution in [2.45, 2.75) is 31.5 Å². The van der Waals surface area contributed by atoms with E-state index in [0.29, 0.717) is 11.8 Å². The first-order valence-electron chi connectivity index (χ1n) is 8.34. The molecule has 4 rings (SSSR count). The maximum atomic E-state index is 9.84. The van der Waals surface area contributed by atoms with Crippen molar-refractivity contribution >= 4 is 10.9 Å². The number of rotatable bonds is 3. The van der Waals surface area contributed by atoms with E-state index in [9.17, 15) is 10.2 Å². The number of nitrogens with one attached hydrogen (secondary N) is 1. The zero-order valence-electron chi connectivity index (χ0n) is 12.8. The second-order valence-corrected chi connectivity index (χ2v) is 7.00. The molecule has 0 amide bonds. The summed E-state index contributed by atoms with van der Waals surface area (Å²) < 4.78 is 0. The maximum absolute atomic E-state index is 9.84. The average Bonchev–Trinajstić information content (AvgIpc) is 3.09. The van der Waals surface area contributed by atoms with Crippen LogP contribution in [0.3, 0.4) is 0 Å². The van der Waals surface area contributed by atoms with Crippen LogP contribution in [0.25, 0.3) is 10.9 Å². The third-order valence-electron chi connectivity index (χ3n) is 5.56. The van der Waals surface area contributed by atoms with Crippen molar-refractivity contribution in [1.82, 2.24) is 9.88 Å². The molecule has 4 atom stereocenters. The average molecular weight is 300 g/mol. The monoisotopic (exact) mass is 300 g/mol. The SMILES string of the molecule is O[C@H]1C[C@@H]2CN(CCc3c[nH]c4ccccc34)C[C@@H]2C[C@@H]1O. The number of aliphatic hydroxyl groups excluding tert-OH is 2. The molecule has 2 aromatic rings. The van der Waals surface area contributed by atoms with E-state index in [4.69, 9.17) is 0 Å². The van der Waals surface area contributed by atoms with Crippen LogP contribution in [-0.4, -0.2) is 51.9 Å². The summed E-state index contributed by atoms with van der Waals surface area (Å²) in [6, 6.07) is 8.45. The molecule has 1 saturated carbocycles. The fraction of sp³-hybridized carbons (Fsp3) is 0.556. The smallest absolute Gasteiger partial charge is 0.0802 e. The van der Waals surface area contributed by atoms with E-state index in [1.807, 2.05) is 0 Å². The topological polar surface area (TPSA) is 59.5 Å². The minimum absolute atomic E-state index is 0.519. The lowest BCUT2D eigenvalue weighted by Gasteiger charge is -2.32. The molecule has 1 saturated heterocycles. The van der Waals surface area contributed by atoms with Gasteiger partial charge in [-0.25, -0.2) is 0 Å². The highest BCUT2D eigenvalue weighted by atomic mass is 16.3. The first kappa shape index (κ1) is 14.2. The second kappa shape index (κ2) is 5.69. The normalized spacial score (nSPS) is 32.5. The van der Waals surface area contributed by atoms with Crippen LogP contribution in [0.5, 0.6) is 0 Å². The molecule has 0 bridgehead atoms. The van der Waals surface area contributed by atoms with Gasteiger partial charge in [0.25, 0.3) is 0 Å². The van der Waals surface area contributed by atoms with E-state index >= 15 is 0 Å². The molecule has 3 N–H and O–H groups in total. The van der Waals surface area contributed by atoms with Gasteiger partial charge in [-0.05, 0) is 42.7 Å². The van der Waals surface area contributed by atoms with Gasteiger partial charge in [0.15, 0.2) is 0 Å². The standard InChI is InChI=1S/C18H24N2O2/c21-17-7-13-10-20(11-14(13)8-18(17)22)6-5-12-9-19-16-4-2-1-3-15(12)16/h1-4,9,13-14,17-19,21-22H,5-8,10-11H2/t13-,14+,17-,18-/m0/s1. The number of nitrogens with zero attached hydrogens (tertiary/aromatic N) is 1. The quantitative estimate of drug-likeness (QED) is 0.810. The number of fused-ring (bicyclic) bond motifs is 2. The number of benzene rings is 1. The van der Waals surface area contributed by atoms with Crippen molar-refractivity contribution in [3.8, 4) is 0 Å².